The molecule has 0 aliphatic heterocycles. The molecule has 0 saturated heterocycles. The van der Waals surface area contributed by atoms with Crippen molar-refractivity contribution >= 4 is 16.8 Å². The molecule has 1 amide bonds. The van der Waals surface area contributed by atoms with E-state index in [0.717, 1.165) is 23.1 Å². The molecule has 0 aliphatic carbocycles. The van der Waals surface area contributed by atoms with E-state index in [1.54, 1.807) is 0 Å². The average molecular weight is 292 g/mol. The molecule has 3 aromatic rings. The normalized spacial score (nSPS) is 10.8. The van der Waals surface area contributed by atoms with Gasteiger partial charge in [-0.1, -0.05) is 12.1 Å². The van der Waals surface area contributed by atoms with Crippen molar-refractivity contribution in [3.05, 3.63) is 70.9 Å². The molecule has 0 atom stereocenters. The Hall–Kier alpha value is -2.55. The summed E-state index contributed by atoms with van der Waals surface area (Å²) in [6, 6.07) is 14.2. The number of amides is 1. The molecule has 2 N–H and O–H groups in total. The number of hydrogen-bond acceptors (Lipinski definition) is 1. The first kappa shape index (κ1) is 14.4. The number of H-pyrrole nitrogens is 1. The Bertz CT molecular complexity index is 817. The van der Waals surface area contributed by atoms with Crippen LogP contribution in [0.5, 0.6) is 0 Å². The number of aromatic nitrogens is 1. The van der Waals surface area contributed by atoms with Gasteiger partial charge in [0.05, 0.1) is 0 Å². The van der Waals surface area contributed by atoms with Gasteiger partial charge in [0.1, 0.15) is 0 Å². The zero-order valence-electron chi connectivity index (χ0n) is 12.9. The van der Waals surface area contributed by atoms with Crippen LogP contribution in [-0.4, -0.2) is 17.4 Å². The molecule has 0 spiro atoms. The second kappa shape index (κ2) is 6.06. The Morgan fingerprint density at radius 2 is 1.91 bits per heavy atom. The summed E-state index contributed by atoms with van der Waals surface area (Å²) in [5, 5.41) is 4.20. The predicted octanol–water partition coefficient (Wildman–Crippen LogP) is 3.76. The zero-order chi connectivity index (χ0) is 15.5. The predicted molar refractivity (Wildman–Crippen MR) is 90.3 cm³/mol. The Morgan fingerprint density at radius 3 is 2.73 bits per heavy atom. The molecule has 3 nitrogen and oxygen atoms in total. The first-order chi connectivity index (χ1) is 10.6. The Morgan fingerprint density at radius 1 is 1.05 bits per heavy atom. The van der Waals surface area contributed by atoms with E-state index in [0.29, 0.717) is 6.54 Å². The number of aromatic amines is 1. The number of rotatable bonds is 4. The van der Waals surface area contributed by atoms with E-state index in [-0.39, 0.29) is 5.91 Å². The van der Waals surface area contributed by atoms with Gasteiger partial charge in [-0.25, -0.2) is 0 Å². The van der Waals surface area contributed by atoms with Gasteiger partial charge in [0, 0.05) is 23.8 Å². The molecule has 3 rings (SSSR count). The standard InChI is InChI=1S/C19H20N2O/c1-13-3-5-17(11-14(13)2)19(22)21-9-7-15-4-6-18-16(12-15)8-10-20-18/h3-6,8,10-12,20H,7,9H2,1-2H3,(H,21,22). The lowest BCUT2D eigenvalue weighted by molar-refractivity contribution is 0.0954. The average Bonchev–Trinajstić information content (AvgIpc) is 2.97. The summed E-state index contributed by atoms with van der Waals surface area (Å²) >= 11 is 0. The molecule has 0 radical (unpaired) electrons. The van der Waals surface area contributed by atoms with Crippen LogP contribution in [0.15, 0.2) is 48.7 Å². The molecule has 22 heavy (non-hydrogen) atoms. The molecule has 3 heteroatoms. The second-order valence-electron chi connectivity index (χ2n) is 5.70. The van der Waals surface area contributed by atoms with E-state index >= 15 is 0 Å². The van der Waals surface area contributed by atoms with Crippen LogP contribution in [0.3, 0.4) is 0 Å². The van der Waals surface area contributed by atoms with E-state index in [1.165, 1.54) is 16.5 Å². The van der Waals surface area contributed by atoms with Crippen molar-refractivity contribution in [3.8, 4) is 0 Å². The largest absolute Gasteiger partial charge is 0.361 e. The van der Waals surface area contributed by atoms with Crippen LogP contribution < -0.4 is 5.32 Å². The maximum atomic E-state index is 12.2. The smallest absolute Gasteiger partial charge is 0.251 e. The summed E-state index contributed by atoms with van der Waals surface area (Å²) in [5.41, 5.74) is 5.45. The van der Waals surface area contributed by atoms with Crippen molar-refractivity contribution in [1.29, 1.82) is 0 Å². The number of benzene rings is 2. The monoisotopic (exact) mass is 292 g/mol. The van der Waals surface area contributed by atoms with Gasteiger partial charge in [-0.2, -0.15) is 0 Å². The third-order valence-corrected chi connectivity index (χ3v) is 4.09. The van der Waals surface area contributed by atoms with Gasteiger partial charge in [-0.15, -0.1) is 0 Å². The molecule has 112 valence electrons. The highest BCUT2D eigenvalue weighted by Gasteiger charge is 2.06. The fraction of sp³-hybridized carbons (Fsp3) is 0.211. The van der Waals surface area contributed by atoms with Gasteiger partial charge in [0.2, 0.25) is 0 Å². The molecule has 1 aromatic heterocycles. The van der Waals surface area contributed by atoms with Crippen LogP contribution in [0.2, 0.25) is 0 Å². The molecular weight excluding hydrogens is 272 g/mol. The van der Waals surface area contributed by atoms with Gasteiger partial charge >= 0.3 is 0 Å². The van der Waals surface area contributed by atoms with Crippen LogP contribution >= 0.6 is 0 Å². The van der Waals surface area contributed by atoms with Gasteiger partial charge in [-0.3, -0.25) is 4.79 Å². The molecular formula is C19H20N2O. The lowest BCUT2D eigenvalue weighted by Crippen LogP contribution is -2.25. The highest BCUT2D eigenvalue weighted by Crippen LogP contribution is 2.14. The minimum atomic E-state index is -0.00850. The Balaban J connectivity index is 1.59. The van der Waals surface area contributed by atoms with Crippen LogP contribution in [0, 0.1) is 13.8 Å². The minimum Gasteiger partial charge on any atom is -0.361 e. The fourth-order valence-electron chi connectivity index (χ4n) is 2.56. The van der Waals surface area contributed by atoms with E-state index in [4.69, 9.17) is 0 Å². The number of aryl methyl sites for hydroxylation is 2. The molecule has 0 fully saturated rings. The minimum absolute atomic E-state index is 0.00850. The SMILES string of the molecule is Cc1ccc(C(=O)NCCc2ccc3[nH]ccc3c2)cc1C. The number of hydrogen-bond donors (Lipinski definition) is 2. The quantitative estimate of drug-likeness (QED) is 0.755. The lowest BCUT2D eigenvalue weighted by Gasteiger charge is -2.07. The molecule has 0 saturated carbocycles. The summed E-state index contributed by atoms with van der Waals surface area (Å²) in [6.45, 7) is 4.72. The maximum absolute atomic E-state index is 12.2. The van der Waals surface area contributed by atoms with Crippen LogP contribution in [0.25, 0.3) is 10.9 Å². The number of carbonyl (C=O) groups excluding carboxylic acids is 1. The summed E-state index contributed by atoms with van der Waals surface area (Å²) in [4.78, 5) is 15.3. The Labute approximate surface area is 130 Å². The third-order valence-electron chi connectivity index (χ3n) is 4.09. The molecule has 1 heterocycles. The third kappa shape index (κ3) is 3.03. The van der Waals surface area contributed by atoms with Crippen LogP contribution in [0.1, 0.15) is 27.0 Å². The van der Waals surface area contributed by atoms with Crippen LogP contribution in [-0.2, 0) is 6.42 Å². The van der Waals surface area contributed by atoms with Crippen molar-refractivity contribution in [2.75, 3.05) is 6.54 Å². The molecule has 2 aromatic carbocycles. The Kier molecular flexibility index (Phi) is 3.96. The van der Waals surface area contributed by atoms with Crippen molar-refractivity contribution in [2.24, 2.45) is 0 Å². The highest BCUT2D eigenvalue weighted by molar-refractivity contribution is 5.94. The first-order valence-electron chi connectivity index (χ1n) is 7.55. The van der Waals surface area contributed by atoms with Gasteiger partial charge in [0.25, 0.3) is 5.91 Å². The highest BCUT2D eigenvalue weighted by atomic mass is 16.1. The van der Waals surface area contributed by atoms with Gasteiger partial charge < -0.3 is 10.3 Å². The second-order valence-corrected chi connectivity index (χ2v) is 5.70. The summed E-state index contributed by atoms with van der Waals surface area (Å²) < 4.78 is 0. The first-order valence-corrected chi connectivity index (χ1v) is 7.55. The number of fused-ring (bicyclic) bond motifs is 1. The molecule has 0 unspecified atom stereocenters. The zero-order valence-corrected chi connectivity index (χ0v) is 12.9. The molecule has 0 aliphatic rings. The van der Waals surface area contributed by atoms with Crippen molar-refractivity contribution < 1.29 is 4.79 Å². The van der Waals surface area contributed by atoms with Crippen molar-refractivity contribution in [3.63, 3.8) is 0 Å². The van der Waals surface area contributed by atoms with Gasteiger partial charge in [-0.05, 0) is 72.7 Å². The van der Waals surface area contributed by atoms with Gasteiger partial charge in [0.15, 0.2) is 0 Å². The van der Waals surface area contributed by atoms with E-state index in [1.807, 2.05) is 38.2 Å². The van der Waals surface area contributed by atoms with Crippen molar-refractivity contribution in [1.82, 2.24) is 10.3 Å². The van der Waals surface area contributed by atoms with Crippen molar-refractivity contribution in [2.45, 2.75) is 20.3 Å². The summed E-state index contributed by atoms with van der Waals surface area (Å²) in [6.07, 6.45) is 2.77. The lowest BCUT2D eigenvalue weighted by atomic mass is 10.1. The summed E-state index contributed by atoms with van der Waals surface area (Å²) in [5.74, 6) is -0.00850. The topological polar surface area (TPSA) is 44.9 Å². The molecule has 0 bridgehead atoms. The van der Waals surface area contributed by atoms with Crippen LogP contribution in [0.4, 0.5) is 0 Å². The van der Waals surface area contributed by atoms with E-state index in [9.17, 15) is 4.79 Å². The fourth-order valence-corrected chi connectivity index (χ4v) is 2.56. The number of nitrogens with one attached hydrogen (secondary N) is 2. The van der Waals surface area contributed by atoms with E-state index < -0.39 is 0 Å². The van der Waals surface area contributed by atoms with E-state index in [2.05, 4.69) is 34.6 Å². The summed E-state index contributed by atoms with van der Waals surface area (Å²) in [7, 11) is 0. The number of carbonyl (C=O) groups is 1. The maximum Gasteiger partial charge on any atom is 0.251 e.